The maximum atomic E-state index is 10.6. The summed E-state index contributed by atoms with van der Waals surface area (Å²) >= 11 is 0. The molecule has 0 bridgehead atoms. The summed E-state index contributed by atoms with van der Waals surface area (Å²) in [7, 11) is -7.83. The largest absolute Gasteiger partial charge is 0.397 e. The number of nitrogens with zero attached hydrogens (tertiary/aromatic N) is 1. The Hall–Kier alpha value is -0.710. The lowest BCUT2D eigenvalue weighted by molar-refractivity contribution is 0.222. The molecule has 0 rings (SSSR count). The first kappa shape index (κ1) is 14.3. The Labute approximate surface area is 88.7 Å². The maximum absolute atomic E-state index is 10.6. The van der Waals surface area contributed by atoms with E-state index in [0.717, 1.165) is 0 Å². The quantitative estimate of drug-likeness (QED) is 0.313. The molecule has 0 fully saturated rings. The van der Waals surface area contributed by atoms with E-state index in [1.807, 2.05) is 0 Å². The number of rotatable bonds is 7. The van der Waals surface area contributed by atoms with E-state index in [4.69, 9.17) is 4.55 Å². The van der Waals surface area contributed by atoms with Gasteiger partial charge in [0.05, 0.1) is 0 Å². The van der Waals surface area contributed by atoms with Crippen LogP contribution in [0.15, 0.2) is 0 Å². The van der Waals surface area contributed by atoms with Crippen LogP contribution in [0.25, 0.3) is 0 Å². The lowest BCUT2D eigenvalue weighted by atomic mass is 10.5. The first-order chi connectivity index (χ1) is 6.81. The van der Waals surface area contributed by atoms with Gasteiger partial charge < -0.3 is 4.90 Å². The number of amides is 1. The summed E-state index contributed by atoms with van der Waals surface area (Å²) in [6.45, 7) is 0.636. The molecule has 1 amide bonds. The zero-order valence-corrected chi connectivity index (χ0v) is 9.40. The molecule has 10 heteroatoms. The van der Waals surface area contributed by atoms with Gasteiger partial charge in [-0.25, -0.2) is 12.6 Å². The molecule has 0 heterocycles. The smallest absolute Gasteiger partial charge is 0.316 e. The highest BCUT2D eigenvalue weighted by Gasteiger charge is 2.22. The summed E-state index contributed by atoms with van der Waals surface area (Å²) in [5.41, 5.74) is 0. The highest BCUT2D eigenvalue weighted by atomic mass is 32.3. The van der Waals surface area contributed by atoms with E-state index in [-0.39, 0.29) is 6.54 Å². The van der Waals surface area contributed by atoms with Crippen LogP contribution >= 0.6 is 0 Å². The molecule has 0 aromatic carbocycles. The molecule has 0 aromatic rings. The number of hydrogen-bond acceptors (Lipinski definition) is 6. The summed E-state index contributed by atoms with van der Waals surface area (Å²) in [6.07, 6.45) is 1.31. The highest BCUT2D eigenvalue weighted by Crippen LogP contribution is 2.00. The number of thiol groups is 1. The van der Waals surface area contributed by atoms with Crippen molar-refractivity contribution >= 4 is 27.5 Å². The van der Waals surface area contributed by atoms with Crippen molar-refractivity contribution in [3.63, 3.8) is 0 Å². The predicted octanol–water partition coefficient (Wildman–Crippen LogP) is -1.87. The van der Waals surface area contributed by atoms with Crippen molar-refractivity contribution in [3.8, 4) is 0 Å². The van der Waals surface area contributed by atoms with Crippen LogP contribution in [0.5, 0.6) is 0 Å². The van der Waals surface area contributed by atoms with E-state index in [0.29, 0.717) is 4.90 Å². The van der Waals surface area contributed by atoms with Gasteiger partial charge in [-0.3, -0.25) is 9.35 Å². The minimum atomic E-state index is -4.73. The minimum absolute atomic E-state index is 0.0202. The van der Waals surface area contributed by atoms with Crippen molar-refractivity contribution in [2.24, 2.45) is 0 Å². The third-order valence-corrected chi connectivity index (χ3v) is 2.78. The van der Waals surface area contributed by atoms with Crippen molar-refractivity contribution in [2.75, 3.05) is 13.2 Å². The van der Waals surface area contributed by atoms with E-state index in [2.05, 4.69) is 4.18 Å². The van der Waals surface area contributed by atoms with Crippen LogP contribution in [0, 0.1) is 0 Å². The van der Waals surface area contributed by atoms with Crippen molar-refractivity contribution in [2.45, 2.75) is 12.3 Å². The molecule has 1 N–H and O–H groups in total. The molecular weight excluding hydrogens is 250 g/mol. The Bertz CT molecular complexity index is 365. The van der Waals surface area contributed by atoms with Crippen molar-refractivity contribution in [1.82, 2.24) is 4.90 Å². The van der Waals surface area contributed by atoms with Gasteiger partial charge in [-0.05, 0) is 6.92 Å². The maximum Gasteiger partial charge on any atom is 0.397 e. The van der Waals surface area contributed by atoms with Crippen molar-refractivity contribution in [3.05, 3.63) is 0 Å². The predicted molar refractivity (Wildman–Crippen MR) is 49.7 cm³/mol. The lowest BCUT2D eigenvalue weighted by Crippen LogP contribution is -2.39. The number of carbonyl (C=O) groups excluding carboxylic acids is 1. The fourth-order valence-corrected chi connectivity index (χ4v) is 1.78. The normalized spacial score (nSPS) is 13.8. The van der Waals surface area contributed by atoms with Gasteiger partial charge in [-0.2, -0.15) is 8.42 Å². The van der Waals surface area contributed by atoms with Crippen LogP contribution in [0.4, 0.5) is 0 Å². The Morgan fingerprint density at radius 1 is 1.53 bits per heavy atom. The van der Waals surface area contributed by atoms with Gasteiger partial charge in [0.1, 0.15) is 6.61 Å². The first-order valence-electron chi connectivity index (χ1n) is 3.71. The van der Waals surface area contributed by atoms with Gasteiger partial charge in [-0.15, -0.1) is 0 Å². The molecule has 89 valence electrons. The third-order valence-electron chi connectivity index (χ3n) is 1.43. The van der Waals surface area contributed by atoms with Gasteiger partial charge in [0.25, 0.3) is 0 Å². The standard InChI is InChI=1S/C5H10NO7S2/c1-2-6(4-7)5(14(8)9)3-13-15(10,11)12/h5,14H,2-3H2,1H3,(H,10,11,12). The molecule has 1 radical (unpaired) electrons. The molecule has 0 spiro atoms. The molecular formula is C5H10NO7S2. The zero-order chi connectivity index (χ0) is 12.1. The van der Waals surface area contributed by atoms with Crippen LogP contribution in [-0.2, 0) is 30.1 Å². The third kappa shape index (κ3) is 5.67. The van der Waals surface area contributed by atoms with E-state index in [9.17, 15) is 21.6 Å². The second kappa shape index (κ2) is 6.00. The topological polar surface area (TPSA) is 118 Å². The average Bonchev–Trinajstić information content (AvgIpc) is 2.09. The zero-order valence-electron chi connectivity index (χ0n) is 7.69. The van der Waals surface area contributed by atoms with Gasteiger partial charge in [0.15, 0.2) is 16.1 Å². The van der Waals surface area contributed by atoms with Crippen LogP contribution in [0.2, 0.25) is 0 Å². The van der Waals surface area contributed by atoms with Crippen molar-refractivity contribution in [1.29, 1.82) is 0 Å². The molecule has 8 nitrogen and oxygen atoms in total. The Kier molecular flexibility index (Phi) is 5.72. The fourth-order valence-electron chi connectivity index (χ4n) is 0.748. The van der Waals surface area contributed by atoms with Gasteiger partial charge in [0, 0.05) is 6.54 Å². The van der Waals surface area contributed by atoms with Crippen molar-refractivity contribution < 1.29 is 30.4 Å². The highest BCUT2D eigenvalue weighted by molar-refractivity contribution is 7.81. The summed E-state index contributed by atoms with van der Waals surface area (Å²) < 4.78 is 53.7. The summed E-state index contributed by atoms with van der Waals surface area (Å²) in [5, 5.41) is -1.47. The molecule has 15 heavy (non-hydrogen) atoms. The number of likely N-dealkylation sites (N-methyl/N-ethyl adjacent to an activating group) is 1. The van der Waals surface area contributed by atoms with E-state index in [1.54, 1.807) is 0 Å². The second-order valence-electron chi connectivity index (χ2n) is 2.36. The number of hydrogen-bond donors (Lipinski definition) is 2. The summed E-state index contributed by atoms with van der Waals surface area (Å²) in [4.78, 5) is 11.0. The molecule has 0 aromatic heterocycles. The first-order valence-corrected chi connectivity index (χ1v) is 6.32. The Morgan fingerprint density at radius 3 is 2.33 bits per heavy atom. The summed E-state index contributed by atoms with van der Waals surface area (Å²) in [5.74, 6) is 0. The fraction of sp³-hybridized carbons (Fsp3) is 0.800. The molecule has 0 saturated carbocycles. The molecule has 0 aliphatic rings. The van der Waals surface area contributed by atoms with Gasteiger partial charge in [-0.1, -0.05) is 0 Å². The lowest BCUT2D eigenvalue weighted by Gasteiger charge is -2.19. The SMILES string of the molecule is CCN([C]=O)C(COS(=O)(=O)O)[SH](=O)=O. The monoisotopic (exact) mass is 260 g/mol. The van der Waals surface area contributed by atoms with E-state index >= 15 is 0 Å². The van der Waals surface area contributed by atoms with E-state index in [1.165, 1.54) is 13.3 Å². The van der Waals surface area contributed by atoms with Crippen LogP contribution in [0.1, 0.15) is 6.92 Å². The van der Waals surface area contributed by atoms with Crippen LogP contribution < -0.4 is 0 Å². The van der Waals surface area contributed by atoms with Crippen LogP contribution in [-0.4, -0.2) is 51.2 Å². The molecule has 1 atom stereocenters. The van der Waals surface area contributed by atoms with Crippen LogP contribution in [0.3, 0.4) is 0 Å². The van der Waals surface area contributed by atoms with Gasteiger partial charge >= 0.3 is 16.8 Å². The molecule has 0 aliphatic heterocycles. The Balaban J connectivity index is 4.62. The molecule has 1 unspecified atom stereocenters. The Morgan fingerprint density at radius 2 is 2.07 bits per heavy atom. The second-order valence-corrected chi connectivity index (χ2v) is 4.61. The minimum Gasteiger partial charge on any atom is -0.316 e. The molecule has 0 aliphatic carbocycles. The van der Waals surface area contributed by atoms with Gasteiger partial charge in [0.2, 0.25) is 0 Å². The molecule has 0 saturated heterocycles. The average molecular weight is 260 g/mol. The summed E-state index contributed by atoms with van der Waals surface area (Å²) in [6, 6.07) is 0. The van der Waals surface area contributed by atoms with E-state index < -0.39 is 33.1 Å².